The highest BCUT2D eigenvalue weighted by atomic mass is 35.5. The Morgan fingerprint density at radius 1 is 1.10 bits per heavy atom. The SMILES string of the molecule is O=C(CN1CCSCC1)N/N=c1/oc(-c2ccc(Cl)cc2)cn1-c1ccccc1. The van der Waals surface area contributed by atoms with Gasteiger partial charge in [0.15, 0.2) is 5.76 Å². The van der Waals surface area contributed by atoms with Gasteiger partial charge in [-0.15, -0.1) is 5.10 Å². The second kappa shape index (κ2) is 9.35. The van der Waals surface area contributed by atoms with Crippen molar-refractivity contribution >= 4 is 29.3 Å². The molecule has 1 aromatic heterocycles. The summed E-state index contributed by atoms with van der Waals surface area (Å²) in [5.74, 6) is 2.59. The molecule has 0 radical (unpaired) electrons. The van der Waals surface area contributed by atoms with Crippen molar-refractivity contribution in [2.45, 2.75) is 0 Å². The molecule has 1 amide bonds. The molecule has 29 heavy (non-hydrogen) atoms. The van der Waals surface area contributed by atoms with E-state index in [-0.39, 0.29) is 5.91 Å². The number of hydrogen-bond donors (Lipinski definition) is 1. The molecule has 0 spiro atoms. The zero-order chi connectivity index (χ0) is 20.1. The zero-order valence-electron chi connectivity index (χ0n) is 15.8. The van der Waals surface area contributed by atoms with Crippen LogP contribution in [0, 0.1) is 0 Å². The van der Waals surface area contributed by atoms with Crippen molar-refractivity contribution in [2.24, 2.45) is 5.10 Å². The Morgan fingerprint density at radius 3 is 2.55 bits per heavy atom. The molecule has 0 unspecified atom stereocenters. The first kappa shape index (κ1) is 19.8. The van der Waals surface area contributed by atoms with Gasteiger partial charge in [0.25, 0.3) is 5.91 Å². The minimum atomic E-state index is -0.152. The highest BCUT2D eigenvalue weighted by Gasteiger charge is 2.14. The van der Waals surface area contributed by atoms with Crippen LogP contribution in [0.5, 0.6) is 0 Å². The van der Waals surface area contributed by atoms with Crippen molar-refractivity contribution in [3.05, 3.63) is 71.5 Å². The summed E-state index contributed by atoms with van der Waals surface area (Å²) in [6, 6.07) is 17.1. The van der Waals surface area contributed by atoms with Gasteiger partial charge in [0.05, 0.1) is 18.4 Å². The highest BCUT2D eigenvalue weighted by molar-refractivity contribution is 7.99. The van der Waals surface area contributed by atoms with Crippen LogP contribution < -0.4 is 11.1 Å². The average Bonchev–Trinajstić information content (AvgIpc) is 3.18. The summed E-state index contributed by atoms with van der Waals surface area (Å²) in [7, 11) is 0. The molecule has 150 valence electrons. The number of aromatic nitrogens is 1. The quantitative estimate of drug-likeness (QED) is 0.633. The molecule has 2 aromatic carbocycles. The summed E-state index contributed by atoms with van der Waals surface area (Å²) in [5.41, 5.74) is 4.69. The van der Waals surface area contributed by atoms with Gasteiger partial charge in [-0.1, -0.05) is 29.8 Å². The summed E-state index contributed by atoms with van der Waals surface area (Å²) in [6.45, 7) is 2.17. The van der Waals surface area contributed by atoms with Gasteiger partial charge in [-0.3, -0.25) is 14.3 Å². The van der Waals surface area contributed by atoms with Crippen molar-refractivity contribution in [3.8, 4) is 17.0 Å². The fourth-order valence-corrected chi connectivity index (χ4v) is 4.16. The fraction of sp³-hybridized carbons (Fsp3) is 0.238. The van der Waals surface area contributed by atoms with Crippen molar-refractivity contribution in [1.29, 1.82) is 0 Å². The molecule has 3 aromatic rings. The minimum absolute atomic E-state index is 0.152. The maximum Gasteiger partial charge on any atom is 0.324 e. The van der Waals surface area contributed by atoms with Crippen LogP contribution in [0.2, 0.25) is 5.02 Å². The standard InChI is InChI=1S/C21H21ClN4O2S/c22-17-8-6-16(7-9-17)19-14-26(18-4-2-1-3-5-18)21(28-19)24-23-20(27)15-25-10-12-29-13-11-25/h1-9,14H,10-13,15H2,(H,23,27)/b24-21+. The van der Waals surface area contributed by atoms with Gasteiger partial charge < -0.3 is 4.42 Å². The van der Waals surface area contributed by atoms with Crippen molar-refractivity contribution < 1.29 is 9.21 Å². The van der Waals surface area contributed by atoms with Gasteiger partial charge >= 0.3 is 5.68 Å². The molecule has 8 heteroatoms. The lowest BCUT2D eigenvalue weighted by molar-refractivity contribution is -0.122. The van der Waals surface area contributed by atoms with E-state index < -0.39 is 0 Å². The summed E-state index contributed by atoms with van der Waals surface area (Å²) >= 11 is 7.90. The molecule has 0 bridgehead atoms. The van der Waals surface area contributed by atoms with Gasteiger partial charge in [-0.05, 0) is 36.4 Å². The second-order valence-electron chi connectivity index (χ2n) is 6.63. The monoisotopic (exact) mass is 428 g/mol. The van der Waals surface area contributed by atoms with Crippen molar-refractivity contribution in [1.82, 2.24) is 14.9 Å². The molecular formula is C21H21ClN4O2S. The molecule has 0 saturated carbocycles. The third-order valence-corrected chi connectivity index (χ3v) is 5.76. The van der Waals surface area contributed by atoms with E-state index >= 15 is 0 Å². The van der Waals surface area contributed by atoms with E-state index in [1.54, 1.807) is 0 Å². The van der Waals surface area contributed by atoms with Crippen LogP contribution in [0.4, 0.5) is 0 Å². The molecule has 2 heterocycles. The van der Waals surface area contributed by atoms with Gasteiger partial charge in [-0.25, -0.2) is 5.43 Å². The first-order chi connectivity index (χ1) is 14.2. The Labute approximate surface area is 178 Å². The van der Waals surface area contributed by atoms with Crippen molar-refractivity contribution in [2.75, 3.05) is 31.1 Å². The number of nitrogens with one attached hydrogen (secondary N) is 1. The number of carbonyl (C=O) groups excluding carboxylic acids is 1. The lowest BCUT2D eigenvalue weighted by atomic mass is 10.2. The average molecular weight is 429 g/mol. The molecule has 1 saturated heterocycles. The Bertz CT molecular complexity index is 1020. The number of para-hydroxylation sites is 1. The Kier molecular flexibility index (Phi) is 6.39. The maximum atomic E-state index is 12.3. The van der Waals surface area contributed by atoms with E-state index in [1.165, 1.54) is 0 Å². The van der Waals surface area contributed by atoms with E-state index in [0.29, 0.717) is 23.0 Å². The van der Waals surface area contributed by atoms with Crippen LogP contribution in [0.25, 0.3) is 17.0 Å². The number of thioether (sulfide) groups is 1. The molecule has 1 aliphatic rings. The minimum Gasteiger partial charge on any atom is -0.422 e. The second-order valence-corrected chi connectivity index (χ2v) is 8.29. The van der Waals surface area contributed by atoms with E-state index in [4.69, 9.17) is 16.0 Å². The third-order valence-electron chi connectivity index (χ3n) is 4.56. The van der Waals surface area contributed by atoms with Crippen LogP contribution in [-0.2, 0) is 4.79 Å². The molecule has 0 atom stereocenters. The summed E-state index contributed by atoms with van der Waals surface area (Å²) in [4.78, 5) is 14.5. The molecule has 1 N–H and O–H groups in total. The van der Waals surface area contributed by atoms with Crippen LogP contribution >= 0.6 is 23.4 Å². The van der Waals surface area contributed by atoms with E-state index in [2.05, 4.69) is 15.4 Å². The summed E-state index contributed by atoms with van der Waals surface area (Å²) in [5, 5.41) is 4.91. The van der Waals surface area contributed by atoms with Gasteiger partial charge in [-0.2, -0.15) is 11.8 Å². The normalized spacial score (nSPS) is 15.4. The largest absolute Gasteiger partial charge is 0.422 e. The van der Waals surface area contributed by atoms with Gasteiger partial charge in [0.1, 0.15) is 0 Å². The number of benzene rings is 2. The number of rotatable bonds is 5. The van der Waals surface area contributed by atoms with Crippen LogP contribution in [0.1, 0.15) is 0 Å². The third kappa shape index (κ3) is 5.12. The predicted octanol–water partition coefficient (Wildman–Crippen LogP) is 3.37. The smallest absolute Gasteiger partial charge is 0.324 e. The van der Waals surface area contributed by atoms with E-state index in [1.807, 2.05) is 77.1 Å². The number of amides is 1. The molecule has 4 rings (SSSR count). The fourth-order valence-electron chi connectivity index (χ4n) is 3.05. The maximum absolute atomic E-state index is 12.3. The molecule has 6 nitrogen and oxygen atoms in total. The Hall–Kier alpha value is -2.48. The zero-order valence-corrected chi connectivity index (χ0v) is 17.3. The van der Waals surface area contributed by atoms with Gasteiger partial charge in [0.2, 0.25) is 0 Å². The number of oxazole rings is 1. The Morgan fingerprint density at radius 2 is 1.83 bits per heavy atom. The first-order valence-electron chi connectivity index (χ1n) is 9.35. The van der Waals surface area contributed by atoms with E-state index in [9.17, 15) is 4.79 Å². The van der Waals surface area contributed by atoms with Crippen molar-refractivity contribution in [3.63, 3.8) is 0 Å². The molecular weight excluding hydrogens is 408 g/mol. The summed E-state index contributed by atoms with van der Waals surface area (Å²) < 4.78 is 7.76. The lowest BCUT2D eigenvalue weighted by Gasteiger charge is -2.24. The van der Waals surface area contributed by atoms with Gasteiger partial charge in [0, 0.05) is 35.2 Å². The summed E-state index contributed by atoms with van der Waals surface area (Å²) in [6.07, 6.45) is 1.85. The lowest BCUT2D eigenvalue weighted by Crippen LogP contribution is -2.40. The Balaban J connectivity index is 1.60. The molecule has 1 aliphatic heterocycles. The number of carbonyl (C=O) groups is 1. The predicted molar refractivity (Wildman–Crippen MR) is 116 cm³/mol. The van der Waals surface area contributed by atoms with Crippen LogP contribution in [-0.4, -0.2) is 46.5 Å². The first-order valence-corrected chi connectivity index (χ1v) is 10.9. The number of hydrogen-bond acceptors (Lipinski definition) is 5. The molecule has 1 fully saturated rings. The molecule has 0 aliphatic carbocycles. The number of nitrogens with zero attached hydrogens (tertiary/aromatic N) is 3. The van der Waals surface area contributed by atoms with Crippen LogP contribution in [0.3, 0.4) is 0 Å². The van der Waals surface area contributed by atoms with Crippen LogP contribution in [0.15, 0.2) is 70.3 Å². The number of halogens is 1. The highest BCUT2D eigenvalue weighted by Crippen LogP contribution is 2.21. The van der Waals surface area contributed by atoms with E-state index in [0.717, 1.165) is 35.8 Å². The topological polar surface area (TPSA) is 62.8 Å².